The molecule has 0 saturated carbocycles. The van der Waals surface area contributed by atoms with Crippen molar-refractivity contribution in [2.24, 2.45) is 0 Å². The molecule has 4 rings (SSSR count). The lowest BCUT2D eigenvalue weighted by Gasteiger charge is -2.25. The average Bonchev–Trinajstić information content (AvgIpc) is 3.61. The molecule has 2 heterocycles. The number of aromatic carboxylic acids is 1. The molecule has 242 valence electrons. The third kappa shape index (κ3) is 8.22. The summed E-state index contributed by atoms with van der Waals surface area (Å²) in [5, 5.41) is 47.0. The largest absolute Gasteiger partial charge is 0.488 e. The van der Waals surface area contributed by atoms with Gasteiger partial charge in [0.25, 0.3) is 5.89 Å². The number of aliphatic carboxylic acids is 4. The highest BCUT2D eigenvalue weighted by molar-refractivity contribution is 5.90. The number of aryl methyl sites for hydroxylation is 1. The number of ether oxygens (including phenoxy) is 2. The summed E-state index contributed by atoms with van der Waals surface area (Å²) in [5.74, 6) is -6.80. The number of benzene rings is 2. The minimum Gasteiger partial charge on any atom is -0.488 e. The van der Waals surface area contributed by atoms with Gasteiger partial charge in [-0.15, -0.1) is 0 Å². The fourth-order valence-corrected chi connectivity index (χ4v) is 4.42. The van der Waals surface area contributed by atoms with Crippen LogP contribution in [0.1, 0.15) is 16.1 Å². The first-order valence-corrected chi connectivity index (χ1v) is 13.3. The Bertz CT molecular complexity index is 1760. The molecule has 0 fully saturated rings. The second-order valence-electron chi connectivity index (χ2n) is 9.76. The number of nitrogens with zero attached hydrogens (tertiary/aromatic N) is 3. The standard InChI is InChI=1S/C29H27N3O14/c1-15-2-3-17(31(11-24(33)34)12-25(35)36)20(6-15)43-4-5-44-21-7-16-8-22(28-30-10-23(46-28)29(41)42)45-19(16)9-18(21)32(13-26(37)38)14-27(39)40/h2-3,6-10H,4-5,11-14H2,1H3,(H,33,34)(H,35,36)(H,37,38)(H,39,40)(H,41,42). The first kappa shape index (κ1) is 32.6. The number of anilines is 2. The zero-order chi connectivity index (χ0) is 33.5. The van der Waals surface area contributed by atoms with Crippen molar-refractivity contribution < 1.29 is 67.8 Å². The Kier molecular flexibility index (Phi) is 9.95. The van der Waals surface area contributed by atoms with Gasteiger partial charge >= 0.3 is 29.8 Å². The van der Waals surface area contributed by atoms with Crippen molar-refractivity contribution in [3.05, 3.63) is 53.9 Å². The lowest BCUT2D eigenvalue weighted by molar-refractivity contribution is -0.138. The number of carboxylic acid groups (broad SMARTS) is 5. The van der Waals surface area contributed by atoms with Gasteiger partial charge in [0.05, 0.1) is 17.6 Å². The zero-order valence-corrected chi connectivity index (χ0v) is 24.0. The van der Waals surface area contributed by atoms with Gasteiger partial charge in [-0.3, -0.25) is 19.2 Å². The van der Waals surface area contributed by atoms with Gasteiger partial charge in [0.1, 0.15) is 56.5 Å². The van der Waals surface area contributed by atoms with Crippen LogP contribution in [-0.2, 0) is 19.2 Å². The van der Waals surface area contributed by atoms with E-state index < -0.39 is 61.8 Å². The van der Waals surface area contributed by atoms with Gasteiger partial charge in [-0.05, 0) is 36.8 Å². The molecule has 0 atom stereocenters. The summed E-state index contributed by atoms with van der Waals surface area (Å²) in [7, 11) is 0. The SMILES string of the molecule is Cc1ccc(N(CC(=O)O)CC(=O)O)c(OCCOc2cc3cc(-c4ncc(C(=O)O)o4)oc3cc2N(CC(=O)O)CC(=O)O)c1. The maximum absolute atomic E-state index is 11.6. The van der Waals surface area contributed by atoms with Gasteiger partial charge < -0.3 is 53.6 Å². The second-order valence-corrected chi connectivity index (χ2v) is 9.76. The summed E-state index contributed by atoms with van der Waals surface area (Å²) < 4.78 is 22.7. The molecule has 17 nitrogen and oxygen atoms in total. The third-order valence-electron chi connectivity index (χ3n) is 6.22. The normalized spacial score (nSPS) is 10.8. The highest BCUT2D eigenvalue weighted by Gasteiger charge is 2.23. The topological polar surface area (TPSA) is 251 Å². The summed E-state index contributed by atoms with van der Waals surface area (Å²) in [5.41, 5.74) is 1.16. The van der Waals surface area contributed by atoms with Crippen molar-refractivity contribution in [2.45, 2.75) is 6.92 Å². The van der Waals surface area contributed by atoms with E-state index in [0.29, 0.717) is 5.39 Å². The summed E-state index contributed by atoms with van der Waals surface area (Å²) in [6.45, 7) is -1.20. The molecule has 0 unspecified atom stereocenters. The van der Waals surface area contributed by atoms with Crippen molar-refractivity contribution in [1.82, 2.24) is 4.98 Å². The number of carboxylic acids is 5. The Morgan fingerprint density at radius 1 is 0.717 bits per heavy atom. The Morgan fingerprint density at radius 2 is 1.26 bits per heavy atom. The van der Waals surface area contributed by atoms with Crippen molar-refractivity contribution in [3.63, 3.8) is 0 Å². The maximum Gasteiger partial charge on any atom is 0.373 e. The van der Waals surface area contributed by atoms with Crippen LogP contribution in [-0.4, -0.2) is 99.8 Å². The minimum absolute atomic E-state index is 0.0382. The van der Waals surface area contributed by atoms with E-state index in [-0.39, 0.29) is 53.3 Å². The van der Waals surface area contributed by atoms with Crippen molar-refractivity contribution in [2.75, 3.05) is 49.2 Å². The van der Waals surface area contributed by atoms with E-state index in [1.807, 2.05) is 0 Å². The maximum atomic E-state index is 11.6. The fraction of sp³-hybridized carbons (Fsp3) is 0.241. The van der Waals surface area contributed by atoms with Crippen LogP contribution in [0.2, 0.25) is 0 Å². The molecule has 2 aromatic heterocycles. The highest BCUT2D eigenvalue weighted by Crippen LogP contribution is 2.37. The first-order chi connectivity index (χ1) is 21.8. The highest BCUT2D eigenvalue weighted by atomic mass is 16.5. The summed E-state index contributed by atoms with van der Waals surface area (Å²) in [6, 6.07) is 9.07. The fourth-order valence-electron chi connectivity index (χ4n) is 4.42. The van der Waals surface area contributed by atoms with Gasteiger partial charge in [-0.25, -0.2) is 9.78 Å². The van der Waals surface area contributed by atoms with E-state index in [1.54, 1.807) is 19.1 Å². The number of aromatic nitrogens is 1. The van der Waals surface area contributed by atoms with E-state index in [4.69, 9.17) is 23.4 Å². The van der Waals surface area contributed by atoms with Crippen molar-refractivity contribution >= 4 is 52.2 Å². The van der Waals surface area contributed by atoms with E-state index in [2.05, 4.69) is 4.98 Å². The lowest BCUT2D eigenvalue weighted by atomic mass is 10.2. The molecule has 46 heavy (non-hydrogen) atoms. The Balaban J connectivity index is 1.63. The van der Waals surface area contributed by atoms with Crippen LogP contribution in [0.4, 0.5) is 11.4 Å². The molecular formula is C29H27N3O14. The molecule has 5 N–H and O–H groups in total. The van der Waals surface area contributed by atoms with E-state index in [9.17, 15) is 44.4 Å². The van der Waals surface area contributed by atoms with E-state index in [1.165, 1.54) is 24.3 Å². The van der Waals surface area contributed by atoms with Gasteiger partial charge in [0.2, 0.25) is 5.76 Å². The molecule has 0 amide bonds. The summed E-state index contributed by atoms with van der Waals surface area (Å²) in [6.07, 6.45) is 0.995. The predicted octanol–water partition coefficient (Wildman–Crippen LogP) is 2.50. The van der Waals surface area contributed by atoms with Gasteiger partial charge in [0.15, 0.2) is 5.76 Å². The number of furan rings is 1. The Hall–Kier alpha value is -6.26. The smallest absolute Gasteiger partial charge is 0.373 e. The van der Waals surface area contributed by atoms with Crippen LogP contribution in [0.5, 0.6) is 11.5 Å². The van der Waals surface area contributed by atoms with Gasteiger partial charge in [-0.1, -0.05) is 6.07 Å². The molecule has 2 aromatic carbocycles. The molecule has 17 heteroatoms. The predicted molar refractivity (Wildman–Crippen MR) is 156 cm³/mol. The Labute approximate surface area is 258 Å². The molecule has 4 aromatic rings. The van der Waals surface area contributed by atoms with E-state index >= 15 is 0 Å². The number of fused-ring (bicyclic) bond motifs is 1. The van der Waals surface area contributed by atoms with Crippen LogP contribution in [0.3, 0.4) is 0 Å². The molecule has 0 saturated heterocycles. The van der Waals surface area contributed by atoms with Crippen LogP contribution in [0, 0.1) is 6.92 Å². The Morgan fingerprint density at radius 3 is 1.78 bits per heavy atom. The van der Waals surface area contributed by atoms with Crippen molar-refractivity contribution in [3.8, 4) is 23.1 Å². The van der Waals surface area contributed by atoms with Crippen LogP contribution < -0.4 is 19.3 Å². The number of carbonyl (C=O) groups is 5. The zero-order valence-electron chi connectivity index (χ0n) is 24.0. The number of hydrogen-bond donors (Lipinski definition) is 5. The number of oxazole rings is 1. The van der Waals surface area contributed by atoms with Crippen LogP contribution in [0.25, 0.3) is 22.6 Å². The van der Waals surface area contributed by atoms with Crippen molar-refractivity contribution in [1.29, 1.82) is 0 Å². The molecule has 0 radical (unpaired) electrons. The van der Waals surface area contributed by atoms with Gasteiger partial charge in [-0.2, -0.15) is 0 Å². The first-order valence-electron chi connectivity index (χ1n) is 13.3. The van der Waals surface area contributed by atoms with Gasteiger partial charge in [0, 0.05) is 11.5 Å². The number of rotatable bonds is 17. The average molecular weight is 642 g/mol. The quantitative estimate of drug-likeness (QED) is 0.104. The van der Waals surface area contributed by atoms with E-state index in [0.717, 1.165) is 21.6 Å². The summed E-state index contributed by atoms with van der Waals surface area (Å²) in [4.78, 5) is 63.1. The number of hydrogen-bond acceptors (Lipinski definition) is 12. The molecule has 0 aliphatic rings. The summed E-state index contributed by atoms with van der Waals surface area (Å²) >= 11 is 0. The minimum atomic E-state index is -1.35. The molecule has 0 spiro atoms. The van der Waals surface area contributed by atoms with Crippen LogP contribution >= 0.6 is 0 Å². The molecule has 0 aliphatic carbocycles. The monoisotopic (exact) mass is 641 g/mol. The lowest BCUT2D eigenvalue weighted by Crippen LogP contribution is -2.35. The van der Waals surface area contributed by atoms with Crippen LogP contribution in [0.15, 0.2) is 51.4 Å². The molecule has 0 aliphatic heterocycles. The molecular weight excluding hydrogens is 614 g/mol. The molecule has 0 bridgehead atoms. The second kappa shape index (κ2) is 14.0. The third-order valence-corrected chi connectivity index (χ3v) is 6.22.